The average Bonchev–Trinajstić information content (AvgIpc) is 2.87. The van der Waals surface area contributed by atoms with E-state index >= 15 is 0 Å². The van der Waals surface area contributed by atoms with Crippen molar-refractivity contribution < 1.29 is 4.79 Å². The summed E-state index contributed by atoms with van der Waals surface area (Å²) in [6, 6.07) is 0. The maximum absolute atomic E-state index is 12.4. The summed E-state index contributed by atoms with van der Waals surface area (Å²) in [5.74, 6) is 0.300. The van der Waals surface area contributed by atoms with Crippen LogP contribution in [0.1, 0.15) is 35.9 Å². The lowest BCUT2D eigenvalue weighted by atomic mass is 10.1. The molecule has 5 nitrogen and oxygen atoms in total. The Morgan fingerprint density at radius 1 is 1.50 bits per heavy atom. The minimum Gasteiger partial charge on any atom is -0.382 e. The zero-order chi connectivity index (χ0) is 14.5. The Labute approximate surface area is 124 Å². The summed E-state index contributed by atoms with van der Waals surface area (Å²) >= 11 is 1.41. The number of likely N-dealkylation sites (N-methyl/N-ethyl adjacent to an activating group) is 1. The Bertz CT molecular complexity index is 480. The van der Waals surface area contributed by atoms with E-state index in [0.717, 1.165) is 18.2 Å². The van der Waals surface area contributed by atoms with E-state index in [1.165, 1.54) is 30.6 Å². The maximum Gasteiger partial charge on any atom is 0.268 e. The Balaban J connectivity index is 2.17. The molecule has 20 heavy (non-hydrogen) atoms. The SMILES string of the molecule is C=CCN(CC)C(=O)c1sc(N2CCCCC2)nc1N. The van der Waals surface area contributed by atoms with Crippen molar-refractivity contribution in [1.29, 1.82) is 0 Å². The fourth-order valence-corrected chi connectivity index (χ4v) is 3.35. The first-order chi connectivity index (χ1) is 9.67. The van der Waals surface area contributed by atoms with Gasteiger partial charge in [-0.15, -0.1) is 6.58 Å². The maximum atomic E-state index is 12.4. The number of nitrogen functional groups attached to an aromatic ring is 1. The van der Waals surface area contributed by atoms with Gasteiger partial charge in [0.2, 0.25) is 0 Å². The molecular formula is C14H22N4OS. The highest BCUT2D eigenvalue weighted by molar-refractivity contribution is 7.18. The molecule has 1 amide bonds. The Hall–Kier alpha value is -1.56. The van der Waals surface area contributed by atoms with Crippen LogP contribution in [-0.2, 0) is 0 Å². The molecule has 0 unspecified atom stereocenters. The molecule has 1 aliphatic rings. The van der Waals surface area contributed by atoms with Crippen LogP contribution in [0, 0.1) is 0 Å². The van der Waals surface area contributed by atoms with Gasteiger partial charge in [0.15, 0.2) is 5.13 Å². The monoisotopic (exact) mass is 294 g/mol. The molecule has 0 saturated carbocycles. The molecule has 0 aliphatic carbocycles. The quantitative estimate of drug-likeness (QED) is 0.847. The minimum absolute atomic E-state index is 0.0503. The van der Waals surface area contributed by atoms with E-state index in [0.29, 0.717) is 23.8 Å². The van der Waals surface area contributed by atoms with Crippen molar-refractivity contribution in [3.8, 4) is 0 Å². The van der Waals surface area contributed by atoms with Crippen LogP contribution < -0.4 is 10.6 Å². The Morgan fingerprint density at radius 2 is 2.20 bits per heavy atom. The molecule has 2 rings (SSSR count). The van der Waals surface area contributed by atoms with E-state index in [-0.39, 0.29) is 5.91 Å². The van der Waals surface area contributed by atoms with Crippen LogP contribution in [0.4, 0.5) is 10.9 Å². The van der Waals surface area contributed by atoms with Gasteiger partial charge in [-0.2, -0.15) is 0 Å². The molecule has 1 aromatic rings. The molecule has 0 spiro atoms. The number of rotatable bonds is 5. The van der Waals surface area contributed by atoms with Crippen LogP contribution in [0.2, 0.25) is 0 Å². The summed E-state index contributed by atoms with van der Waals surface area (Å²) in [6.45, 7) is 8.81. The van der Waals surface area contributed by atoms with E-state index in [1.807, 2.05) is 6.92 Å². The van der Waals surface area contributed by atoms with E-state index in [4.69, 9.17) is 5.73 Å². The lowest BCUT2D eigenvalue weighted by molar-refractivity contribution is 0.0787. The summed E-state index contributed by atoms with van der Waals surface area (Å²) in [5.41, 5.74) is 5.94. The predicted octanol–water partition coefficient (Wildman–Crippen LogP) is 2.36. The van der Waals surface area contributed by atoms with Crippen molar-refractivity contribution in [3.05, 3.63) is 17.5 Å². The molecule has 2 heterocycles. The van der Waals surface area contributed by atoms with Gasteiger partial charge in [-0.3, -0.25) is 4.79 Å². The van der Waals surface area contributed by atoms with Crippen LogP contribution in [-0.4, -0.2) is 42.0 Å². The molecule has 1 aliphatic heterocycles. The Kier molecular flexibility index (Phi) is 5.00. The normalized spacial score (nSPS) is 15.2. The third kappa shape index (κ3) is 3.12. The summed E-state index contributed by atoms with van der Waals surface area (Å²) in [4.78, 5) is 21.3. The average molecular weight is 294 g/mol. The van der Waals surface area contributed by atoms with Gasteiger partial charge in [0.05, 0.1) is 0 Å². The lowest BCUT2D eigenvalue weighted by Crippen LogP contribution is -2.30. The molecule has 110 valence electrons. The summed E-state index contributed by atoms with van der Waals surface area (Å²) in [5, 5.41) is 0.875. The first-order valence-electron chi connectivity index (χ1n) is 7.08. The van der Waals surface area contributed by atoms with Gasteiger partial charge in [0.1, 0.15) is 10.7 Å². The second kappa shape index (κ2) is 6.74. The standard InChI is InChI=1S/C14H22N4OS/c1-3-8-17(4-2)13(19)11-12(15)16-14(20-11)18-9-6-5-7-10-18/h3H,1,4-10,15H2,2H3. The molecular weight excluding hydrogens is 272 g/mol. The molecule has 0 bridgehead atoms. The second-order valence-corrected chi connectivity index (χ2v) is 5.87. The number of nitrogens with zero attached hydrogens (tertiary/aromatic N) is 3. The third-order valence-electron chi connectivity index (χ3n) is 3.48. The van der Waals surface area contributed by atoms with E-state index in [9.17, 15) is 4.79 Å². The van der Waals surface area contributed by atoms with E-state index in [2.05, 4.69) is 16.5 Å². The first kappa shape index (κ1) is 14.8. The van der Waals surface area contributed by atoms with Crippen molar-refractivity contribution in [2.24, 2.45) is 0 Å². The van der Waals surface area contributed by atoms with Crippen molar-refractivity contribution in [2.75, 3.05) is 36.8 Å². The van der Waals surface area contributed by atoms with Gasteiger partial charge in [0, 0.05) is 26.2 Å². The van der Waals surface area contributed by atoms with Crippen molar-refractivity contribution >= 4 is 28.2 Å². The molecule has 0 aromatic carbocycles. The van der Waals surface area contributed by atoms with Crippen molar-refractivity contribution in [2.45, 2.75) is 26.2 Å². The molecule has 1 saturated heterocycles. The zero-order valence-electron chi connectivity index (χ0n) is 12.0. The molecule has 0 radical (unpaired) electrons. The van der Waals surface area contributed by atoms with Crippen LogP contribution in [0.15, 0.2) is 12.7 Å². The molecule has 6 heteroatoms. The predicted molar refractivity (Wildman–Crippen MR) is 84.4 cm³/mol. The van der Waals surface area contributed by atoms with Gasteiger partial charge in [-0.05, 0) is 26.2 Å². The molecule has 1 fully saturated rings. The van der Waals surface area contributed by atoms with E-state index < -0.39 is 0 Å². The van der Waals surface area contributed by atoms with Crippen LogP contribution in [0.5, 0.6) is 0 Å². The lowest BCUT2D eigenvalue weighted by Gasteiger charge is -2.25. The number of piperidine rings is 1. The molecule has 1 aromatic heterocycles. The molecule has 2 N–H and O–H groups in total. The fraction of sp³-hybridized carbons (Fsp3) is 0.571. The fourth-order valence-electron chi connectivity index (χ4n) is 2.35. The zero-order valence-corrected chi connectivity index (χ0v) is 12.8. The van der Waals surface area contributed by atoms with Gasteiger partial charge in [0.25, 0.3) is 5.91 Å². The van der Waals surface area contributed by atoms with Crippen LogP contribution >= 0.6 is 11.3 Å². The number of hydrogen-bond acceptors (Lipinski definition) is 5. The third-order valence-corrected chi connectivity index (χ3v) is 4.60. The highest BCUT2D eigenvalue weighted by atomic mass is 32.1. The highest BCUT2D eigenvalue weighted by Gasteiger charge is 2.23. The van der Waals surface area contributed by atoms with Crippen molar-refractivity contribution in [3.63, 3.8) is 0 Å². The van der Waals surface area contributed by atoms with Gasteiger partial charge >= 0.3 is 0 Å². The van der Waals surface area contributed by atoms with Crippen LogP contribution in [0.3, 0.4) is 0 Å². The number of carbonyl (C=O) groups is 1. The van der Waals surface area contributed by atoms with Crippen LogP contribution in [0.25, 0.3) is 0 Å². The largest absolute Gasteiger partial charge is 0.382 e. The highest BCUT2D eigenvalue weighted by Crippen LogP contribution is 2.30. The van der Waals surface area contributed by atoms with Gasteiger partial charge in [-0.1, -0.05) is 17.4 Å². The molecule has 0 atom stereocenters. The topological polar surface area (TPSA) is 62.5 Å². The number of amides is 1. The number of nitrogens with two attached hydrogens (primary N) is 1. The number of hydrogen-bond donors (Lipinski definition) is 1. The smallest absolute Gasteiger partial charge is 0.268 e. The number of thiazole rings is 1. The van der Waals surface area contributed by atoms with Crippen molar-refractivity contribution in [1.82, 2.24) is 9.88 Å². The summed E-state index contributed by atoms with van der Waals surface area (Å²) in [7, 11) is 0. The second-order valence-electron chi connectivity index (χ2n) is 4.89. The van der Waals surface area contributed by atoms with E-state index in [1.54, 1.807) is 11.0 Å². The van der Waals surface area contributed by atoms with Gasteiger partial charge < -0.3 is 15.5 Å². The Morgan fingerprint density at radius 3 is 2.80 bits per heavy atom. The number of anilines is 2. The van der Waals surface area contributed by atoms with Gasteiger partial charge in [-0.25, -0.2) is 4.98 Å². The number of carbonyl (C=O) groups excluding carboxylic acids is 1. The summed E-state index contributed by atoms with van der Waals surface area (Å²) < 4.78 is 0. The summed E-state index contributed by atoms with van der Waals surface area (Å²) in [6.07, 6.45) is 5.36. The number of aromatic nitrogens is 1. The minimum atomic E-state index is -0.0503. The first-order valence-corrected chi connectivity index (χ1v) is 7.90.